The molecular formula is C15H14ClNO. The number of halogens is 1. The fraction of sp³-hybridized carbons (Fsp3) is 0.267. The summed E-state index contributed by atoms with van der Waals surface area (Å²) in [6.07, 6.45) is 5.73. The van der Waals surface area contributed by atoms with Crippen LogP contribution in [0, 0.1) is 0 Å². The fourth-order valence-electron chi connectivity index (χ4n) is 2.58. The van der Waals surface area contributed by atoms with Gasteiger partial charge in [0.2, 0.25) is 0 Å². The van der Waals surface area contributed by atoms with Crippen LogP contribution in [0.1, 0.15) is 24.0 Å². The monoisotopic (exact) mass is 259 g/mol. The van der Waals surface area contributed by atoms with Gasteiger partial charge in [0.1, 0.15) is 5.60 Å². The Kier molecular flexibility index (Phi) is 3.06. The van der Waals surface area contributed by atoms with E-state index >= 15 is 0 Å². The lowest BCUT2D eigenvalue weighted by atomic mass is 9.85. The van der Waals surface area contributed by atoms with Crippen molar-refractivity contribution < 1.29 is 4.74 Å². The average molecular weight is 260 g/mol. The van der Waals surface area contributed by atoms with Gasteiger partial charge in [-0.3, -0.25) is 4.98 Å². The van der Waals surface area contributed by atoms with Crippen LogP contribution < -0.4 is 0 Å². The molecule has 1 fully saturated rings. The van der Waals surface area contributed by atoms with Crippen LogP contribution in [0.4, 0.5) is 0 Å². The van der Waals surface area contributed by atoms with Crippen LogP contribution in [0.15, 0.2) is 48.8 Å². The van der Waals surface area contributed by atoms with E-state index in [1.807, 2.05) is 36.5 Å². The Balaban J connectivity index is 2.10. The van der Waals surface area contributed by atoms with Crippen molar-refractivity contribution in [1.82, 2.24) is 4.98 Å². The number of rotatable bonds is 2. The van der Waals surface area contributed by atoms with E-state index in [-0.39, 0.29) is 5.60 Å². The zero-order valence-electron chi connectivity index (χ0n) is 9.97. The normalized spacial score (nSPS) is 23.2. The molecule has 2 aromatic rings. The molecule has 0 saturated carbocycles. The number of nitrogens with zero attached hydrogens (tertiary/aromatic N) is 1. The molecule has 0 unspecified atom stereocenters. The smallest absolute Gasteiger partial charge is 0.120 e. The van der Waals surface area contributed by atoms with E-state index in [2.05, 4.69) is 11.1 Å². The average Bonchev–Trinajstić information content (AvgIpc) is 2.91. The second kappa shape index (κ2) is 4.71. The van der Waals surface area contributed by atoms with Gasteiger partial charge in [-0.25, -0.2) is 0 Å². The molecule has 1 atom stereocenters. The summed E-state index contributed by atoms with van der Waals surface area (Å²) in [5.74, 6) is 0. The van der Waals surface area contributed by atoms with Gasteiger partial charge in [0.25, 0.3) is 0 Å². The molecule has 1 saturated heterocycles. The highest BCUT2D eigenvalue weighted by Gasteiger charge is 2.38. The van der Waals surface area contributed by atoms with Crippen molar-refractivity contribution in [2.75, 3.05) is 6.61 Å². The quantitative estimate of drug-likeness (QED) is 0.819. The minimum Gasteiger partial charge on any atom is -0.365 e. The third-order valence-corrected chi connectivity index (χ3v) is 3.71. The molecule has 1 aromatic carbocycles. The Labute approximate surface area is 112 Å². The number of aromatic nitrogens is 1. The first-order chi connectivity index (χ1) is 8.81. The summed E-state index contributed by atoms with van der Waals surface area (Å²) in [5, 5.41) is 0.748. The van der Waals surface area contributed by atoms with Crippen LogP contribution in [0.25, 0.3) is 0 Å². The Morgan fingerprint density at radius 3 is 2.56 bits per heavy atom. The van der Waals surface area contributed by atoms with Gasteiger partial charge in [-0.05, 0) is 36.6 Å². The number of benzene rings is 1. The molecule has 1 aliphatic heterocycles. The highest BCUT2D eigenvalue weighted by Crippen LogP contribution is 2.42. The van der Waals surface area contributed by atoms with Crippen molar-refractivity contribution in [3.8, 4) is 0 Å². The Bertz CT molecular complexity index is 518. The van der Waals surface area contributed by atoms with E-state index in [4.69, 9.17) is 16.3 Å². The molecule has 0 N–H and O–H groups in total. The van der Waals surface area contributed by atoms with Crippen LogP contribution in [0.5, 0.6) is 0 Å². The maximum absolute atomic E-state index is 6.07. The molecule has 3 heteroatoms. The van der Waals surface area contributed by atoms with Crippen LogP contribution >= 0.6 is 11.6 Å². The molecule has 0 amide bonds. The predicted molar refractivity (Wildman–Crippen MR) is 71.7 cm³/mol. The van der Waals surface area contributed by atoms with E-state index in [0.29, 0.717) is 0 Å². The van der Waals surface area contributed by atoms with Crippen molar-refractivity contribution in [3.05, 3.63) is 64.9 Å². The van der Waals surface area contributed by atoms with Gasteiger partial charge in [-0.15, -0.1) is 0 Å². The van der Waals surface area contributed by atoms with Crippen molar-refractivity contribution >= 4 is 11.6 Å². The second-order valence-corrected chi connectivity index (χ2v) is 4.96. The minimum absolute atomic E-state index is 0.348. The summed E-state index contributed by atoms with van der Waals surface area (Å²) in [6, 6.07) is 11.9. The summed E-state index contributed by atoms with van der Waals surface area (Å²) in [5.41, 5.74) is 1.92. The Hall–Kier alpha value is -1.38. The third-order valence-electron chi connectivity index (χ3n) is 3.46. The maximum atomic E-state index is 6.07. The van der Waals surface area contributed by atoms with E-state index in [0.717, 1.165) is 35.6 Å². The highest BCUT2D eigenvalue weighted by atomic mass is 35.5. The minimum atomic E-state index is -0.348. The first kappa shape index (κ1) is 11.7. The van der Waals surface area contributed by atoms with Crippen LogP contribution in [0.3, 0.4) is 0 Å². The van der Waals surface area contributed by atoms with Gasteiger partial charge in [-0.1, -0.05) is 29.8 Å². The SMILES string of the molecule is Clc1ccc([C@@]2(c3cccnc3)CCCO2)cc1. The lowest BCUT2D eigenvalue weighted by Crippen LogP contribution is -2.26. The standard InChI is InChI=1S/C15H14ClNO/c16-14-6-4-12(5-7-14)15(8-2-10-18-15)13-3-1-9-17-11-13/h1,3-7,9,11H,2,8,10H2/t15-/m1/s1. The largest absolute Gasteiger partial charge is 0.365 e. The van der Waals surface area contributed by atoms with Crippen LogP contribution in [-0.2, 0) is 10.3 Å². The number of hydrogen-bond acceptors (Lipinski definition) is 2. The molecule has 1 aliphatic rings. The lowest BCUT2D eigenvalue weighted by Gasteiger charge is -2.29. The van der Waals surface area contributed by atoms with Gasteiger partial charge in [0.15, 0.2) is 0 Å². The zero-order chi connectivity index (χ0) is 12.4. The molecule has 0 bridgehead atoms. The first-order valence-electron chi connectivity index (χ1n) is 6.12. The first-order valence-corrected chi connectivity index (χ1v) is 6.50. The van der Waals surface area contributed by atoms with E-state index in [1.165, 1.54) is 0 Å². The topological polar surface area (TPSA) is 22.1 Å². The van der Waals surface area contributed by atoms with Crippen molar-refractivity contribution in [2.24, 2.45) is 0 Å². The molecule has 1 aromatic heterocycles. The Morgan fingerprint density at radius 2 is 1.94 bits per heavy atom. The molecule has 0 aliphatic carbocycles. The molecule has 92 valence electrons. The molecular weight excluding hydrogens is 246 g/mol. The number of ether oxygens (including phenoxy) is 1. The summed E-state index contributed by atoms with van der Waals surface area (Å²) >= 11 is 5.96. The van der Waals surface area contributed by atoms with Gasteiger partial charge < -0.3 is 4.74 Å². The molecule has 18 heavy (non-hydrogen) atoms. The molecule has 2 heterocycles. The van der Waals surface area contributed by atoms with E-state index in [1.54, 1.807) is 6.20 Å². The van der Waals surface area contributed by atoms with Gasteiger partial charge in [0, 0.05) is 29.6 Å². The van der Waals surface area contributed by atoms with Crippen LogP contribution in [-0.4, -0.2) is 11.6 Å². The Morgan fingerprint density at radius 1 is 1.11 bits per heavy atom. The van der Waals surface area contributed by atoms with E-state index in [9.17, 15) is 0 Å². The second-order valence-electron chi connectivity index (χ2n) is 4.53. The summed E-state index contributed by atoms with van der Waals surface area (Å²) in [6.45, 7) is 0.789. The number of pyridine rings is 1. The highest BCUT2D eigenvalue weighted by molar-refractivity contribution is 6.30. The summed E-state index contributed by atoms with van der Waals surface area (Å²) in [7, 11) is 0. The van der Waals surface area contributed by atoms with Gasteiger partial charge >= 0.3 is 0 Å². The zero-order valence-corrected chi connectivity index (χ0v) is 10.7. The van der Waals surface area contributed by atoms with Gasteiger partial charge in [0.05, 0.1) is 0 Å². The van der Waals surface area contributed by atoms with Crippen molar-refractivity contribution in [2.45, 2.75) is 18.4 Å². The lowest BCUT2D eigenvalue weighted by molar-refractivity contribution is 0.0357. The predicted octanol–water partition coefficient (Wildman–Crippen LogP) is 3.79. The van der Waals surface area contributed by atoms with Gasteiger partial charge in [-0.2, -0.15) is 0 Å². The molecule has 0 radical (unpaired) electrons. The summed E-state index contributed by atoms with van der Waals surface area (Å²) < 4.78 is 6.07. The summed E-state index contributed by atoms with van der Waals surface area (Å²) in [4.78, 5) is 4.21. The van der Waals surface area contributed by atoms with E-state index < -0.39 is 0 Å². The third kappa shape index (κ3) is 1.92. The fourth-order valence-corrected chi connectivity index (χ4v) is 2.71. The van der Waals surface area contributed by atoms with Crippen LogP contribution in [0.2, 0.25) is 5.02 Å². The molecule has 3 rings (SSSR count). The molecule has 2 nitrogen and oxygen atoms in total. The van der Waals surface area contributed by atoms with Crippen molar-refractivity contribution in [3.63, 3.8) is 0 Å². The number of hydrogen-bond donors (Lipinski definition) is 0. The maximum Gasteiger partial charge on any atom is 0.120 e. The van der Waals surface area contributed by atoms with Crippen molar-refractivity contribution in [1.29, 1.82) is 0 Å². The molecule has 0 spiro atoms.